The Morgan fingerprint density at radius 2 is 1.76 bits per heavy atom. The lowest BCUT2D eigenvalue weighted by Gasteiger charge is -2.29. The second-order valence-electron chi connectivity index (χ2n) is 6.03. The normalized spacial score (nSPS) is 18.7. The molecule has 2 fully saturated rings. The summed E-state index contributed by atoms with van der Waals surface area (Å²) in [6.45, 7) is 0. The zero-order valence-corrected chi connectivity index (χ0v) is 12.0. The summed E-state index contributed by atoms with van der Waals surface area (Å²) in [4.78, 5) is 25.3. The van der Waals surface area contributed by atoms with E-state index in [2.05, 4.69) is 0 Å². The molecule has 0 heterocycles. The third-order valence-corrected chi connectivity index (χ3v) is 4.48. The average molecular weight is 288 g/mol. The largest absolute Gasteiger partial charge is 0.336 e. The van der Waals surface area contributed by atoms with Gasteiger partial charge in [-0.3, -0.25) is 14.9 Å². The molecule has 3 rings (SSSR count). The number of hydrogen-bond donors (Lipinski definition) is 0. The average Bonchev–Trinajstić information content (AvgIpc) is 3.13. The maximum atomic E-state index is 12.7. The lowest BCUT2D eigenvalue weighted by atomic mass is 10.1. The van der Waals surface area contributed by atoms with Crippen molar-refractivity contribution in [2.24, 2.45) is 0 Å². The van der Waals surface area contributed by atoms with Crippen LogP contribution in [0.2, 0.25) is 0 Å². The summed E-state index contributed by atoms with van der Waals surface area (Å²) >= 11 is 0. The molecule has 21 heavy (non-hydrogen) atoms. The second-order valence-corrected chi connectivity index (χ2v) is 6.03. The number of nitro groups is 1. The fraction of sp³-hybridized carbons (Fsp3) is 0.562. The topological polar surface area (TPSA) is 63.4 Å². The molecule has 0 N–H and O–H groups in total. The third-order valence-electron chi connectivity index (χ3n) is 4.48. The van der Waals surface area contributed by atoms with Crippen molar-refractivity contribution in [1.29, 1.82) is 0 Å². The Morgan fingerprint density at radius 3 is 2.38 bits per heavy atom. The Hall–Kier alpha value is -1.91. The fourth-order valence-corrected chi connectivity index (χ4v) is 3.33. The van der Waals surface area contributed by atoms with Gasteiger partial charge in [0.05, 0.1) is 11.3 Å². The zero-order valence-electron chi connectivity index (χ0n) is 12.0. The molecular weight excluding hydrogens is 268 g/mol. The highest BCUT2D eigenvalue weighted by Crippen LogP contribution is 2.35. The van der Waals surface area contributed by atoms with Gasteiger partial charge in [0.25, 0.3) is 5.69 Å². The van der Waals surface area contributed by atoms with Crippen LogP contribution in [0.3, 0.4) is 0 Å². The van der Waals surface area contributed by atoms with Crippen molar-refractivity contribution in [3.8, 4) is 0 Å². The Bertz CT molecular complexity index is 548. The number of carbonyl (C=O) groups is 1. The van der Waals surface area contributed by atoms with Gasteiger partial charge in [-0.05, 0) is 25.7 Å². The van der Waals surface area contributed by atoms with Gasteiger partial charge >= 0.3 is 0 Å². The molecule has 1 aromatic carbocycles. The molecule has 112 valence electrons. The van der Waals surface area contributed by atoms with Crippen molar-refractivity contribution in [2.75, 3.05) is 0 Å². The minimum atomic E-state index is -0.403. The van der Waals surface area contributed by atoms with Crippen LogP contribution in [0.1, 0.15) is 44.1 Å². The van der Waals surface area contributed by atoms with Gasteiger partial charge in [0, 0.05) is 23.7 Å². The molecule has 0 unspecified atom stereocenters. The van der Waals surface area contributed by atoms with Gasteiger partial charge in [-0.2, -0.15) is 0 Å². The summed E-state index contributed by atoms with van der Waals surface area (Å²) in [6.07, 6.45) is 6.85. The predicted octanol–water partition coefficient (Wildman–Crippen LogP) is 3.07. The smallest absolute Gasteiger partial charge is 0.273 e. The van der Waals surface area contributed by atoms with E-state index in [1.54, 1.807) is 18.2 Å². The molecule has 5 heteroatoms. The number of benzene rings is 1. The van der Waals surface area contributed by atoms with Gasteiger partial charge in [0.1, 0.15) is 0 Å². The van der Waals surface area contributed by atoms with Gasteiger partial charge in [0.2, 0.25) is 5.91 Å². The first kappa shape index (κ1) is 14.0. The van der Waals surface area contributed by atoms with Gasteiger partial charge in [-0.1, -0.05) is 31.0 Å². The van der Waals surface area contributed by atoms with Crippen LogP contribution < -0.4 is 0 Å². The predicted molar refractivity (Wildman–Crippen MR) is 78.9 cm³/mol. The maximum absolute atomic E-state index is 12.7. The lowest BCUT2D eigenvalue weighted by Crippen LogP contribution is -2.41. The SMILES string of the molecule is O=C(Cc1ccccc1[N+](=O)[O-])N(C1CCCC1)C1CC1. The van der Waals surface area contributed by atoms with Gasteiger partial charge in [-0.25, -0.2) is 0 Å². The van der Waals surface area contributed by atoms with E-state index in [0.717, 1.165) is 25.7 Å². The van der Waals surface area contributed by atoms with Crippen LogP contribution in [0.4, 0.5) is 5.69 Å². The number of para-hydroxylation sites is 1. The first-order chi connectivity index (χ1) is 10.2. The van der Waals surface area contributed by atoms with Gasteiger partial charge in [-0.15, -0.1) is 0 Å². The van der Waals surface area contributed by atoms with E-state index in [0.29, 0.717) is 17.6 Å². The van der Waals surface area contributed by atoms with Crippen LogP contribution in [0, 0.1) is 10.1 Å². The summed E-state index contributed by atoms with van der Waals surface area (Å²) < 4.78 is 0. The molecule has 0 aliphatic heterocycles. The molecule has 5 nitrogen and oxygen atoms in total. The molecule has 2 saturated carbocycles. The second kappa shape index (κ2) is 5.84. The quantitative estimate of drug-likeness (QED) is 0.618. The highest BCUT2D eigenvalue weighted by Gasteiger charge is 2.38. The Labute approximate surface area is 124 Å². The van der Waals surface area contributed by atoms with E-state index in [1.807, 2.05) is 4.90 Å². The highest BCUT2D eigenvalue weighted by atomic mass is 16.6. The van der Waals surface area contributed by atoms with Gasteiger partial charge < -0.3 is 4.90 Å². The number of carbonyl (C=O) groups excluding carboxylic acids is 1. The maximum Gasteiger partial charge on any atom is 0.273 e. The Balaban J connectivity index is 1.76. The Morgan fingerprint density at radius 1 is 1.14 bits per heavy atom. The van der Waals surface area contributed by atoms with E-state index in [4.69, 9.17) is 0 Å². The van der Waals surface area contributed by atoms with Crippen molar-refractivity contribution in [3.05, 3.63) is 39.9 Å². The number of hydrogen-bond acceptors (Lipinski definition) is 3. The number of nitrogens with zero attached hydrogens (tertiary/aromatic N) is 2. The van der Waals surface area contributed by atoms with Crippen molar-refractivity contribution in [1.82, 2.24) is 4.90 Å². The molecule has 1 aromatic rings. The van der Waals surface area contributed by atoms with Crippen LogP contribution in [-0.4, -0.2) is 27.8 Å². The van der Waals surface area contributed by atoms with E-state index in [1.165, 1.54) is 18.9 Å². The summed E-state index contributed by atoms with van der Waals surface area (Å²) in [5, 5.41) is 11.1. The van der Waals surface area contributed by atoms with Crippen LogP contribution >= 0.6 is 0 Å². The summed E-state index contributed by atoms with van der Waals surface area (Å²) in [7, 11) is 0. The summed E-state index contributed by atoms with van der Waals surface area (Å²) in [6, 6.07) is 7.29. The van der Waals surface area contributed by atoms with E-state index < -0.39 is 4.92 Å². The minimum absolute atomic E-state index is 0.0491. The van der Waals surface area contributed by atoms with Crippen LogP contribution in [0.25, 0.3) is 0 Å². The Kier molecular flexibility index (Phi) is 3.90. The molecule has 0 atom stereocenters. The molecule has 0 spiro atoms. The van der Waals surface area contributed by atoms with Crippen LogP contribution in [0.15, 0.2) is 24.3 Å². The zero-order chi connectivity index (χ0) is 14.8. The van der Waals surface area contributed by atoms with E-state index in [-0.39, 0.29) is 18.0 Å². The van der Waals surface area contributed by atoms with Crippen molar-refractivity contribution >= 4 is 11.6 Å². The van der Waals surface area contributed by atoms with Crippen molar-refractivity contribution in [3.63, 3.8) is 0 Å². The molecule has 2 aliphatic carbocycles. The lowest BCUT2D eigenvalue weighted by molar-refractivity contribution is -0.385. The number of nitro benzene ring substituents is 1. The van der Waals surface area contributed by atoms with Gasteiger partial charge in [0.15, 0.2) is 0 Å². The third kappa shape index (κ3) is 3.06. The monoisotopic (exact) mass is 288 g/mol. The molecular formula is C16H20N2O3. The molecule has 0 saturated heterocycles. The molecule has 0 radical (unpaired) electrons. The standard InChI is InChI=1S/C16H20N2O3/c19-16(11-12-5-1-4-8-15(12)18(20)21)17(14-9-10-14)13-6-2-3-7-13/h1,4-5,8,13-14H,2-3,6-7,9-11H2. The summed E-state index contributed by atoms with van der Waals surface area (Å²) in [5.74, 6) is 0.0544. The van der Waals surface area contributed by atoms with E-state index in [9.17, 15) is 14.9 Å². The summed E-state index contributed by atoms with van der Waals surface area (Å²) in [5.41, 5.74) is 0.573. The van der Waals surface area contributed by atoms with E-state index >= 15 is 0 Å². The minimum Gasteiger partial charge on any atom is -0.336 e. The number of amides is 1. The molecule has 0 bridgehead atoms. The van der Waals surface area contributed by atoms with Crippen LogP contribution in [0.5, 0.6) is 0 Å². The molecule has 1 amide bonds. The van der Waals surface area contributed by atoms with Crippen LogP contribution in [-0.2, 0) is 11.2 Å². The van der Waals surface area contributed by atoms with Crippen molar-refractivity contribution < 1.29 is 9.72 Å². The highest BCUT2D eigenvalue weighted by molar-refractivity contribution is 5.81. The first-order valence-corrected chi connectivity index (χ1v) is 7.70. The molecule has 0 aromatic heterocycles. The molecule has 2 aliphatic rings. The number of rotatable bonds is 5. The van der Waals surface area contributed by atoms with Crippen molar-refractivity contribution in [2.45, 2.75) is 57.0 Å². The first-order valence-electron chi connectivity index (χ1n) is 7.70. The fourth-order valence-electron chi connectivity index (χ4n) is 3.33.